The number of aromatic amines is 1. The highest BCUT2D eigenvalue weighted by molar-refractivity contribution is 9.10. The van der Waals surface area contributed by atoms with Crippen LogP contribution in [0.1, 0.15) is 23.1 Å². The topological polar surface area (TPSA) is 100 Å². The highest BCUT2D eigenvalue weighted by Crippen LogP contribution is 2.32. The van der Waals surface area contributed by atoms with Crippen molar-refractivity contribution >= 4 is 32.9 Å². The number of hydrogen-bond acceptors (Lipinski definition) is 5. The Morgan fingerprint density at radius 2 is 1.93 bits per heavy atom. The Balaban J connectivity index is 0.000000318. The van der Waals surface area contributed by atoms with Crippen LogP contribution in [0.25, 0.3) is 11.0 Å². The van der Waals surface area contributed by atoms with Crippen LogP contribution < -0.4 is 10.1 Å². The Labute approximate surface area is 177 Å². The second kappa shape index (κ2) is 9.43. The summed E-state index contributed by atoms with van der Waals surface area (Å²) in [5, 5.41) is 21.5. The molecule has 1 aromatic heterocycles. The van der Waals surface area contributed by atoms with Crippen molar-refractivity contribution in [3.63, 3.8) is 0 Å². The lowest BCUT2D eigenvalue weighted by atomic mass is 10.0. The Bertz CT molecular complexity index is 1040. The van der Waals surface area contributed by atoms with Crippen LogP contribution in [0, 0.1) is 0 Å². The van der Waals surface area contributed by atoms with Crippen LogP contribution in [-0.2, 0) is 24.3 Å². The second-order valence-corrected chi connectivity index (χ2v) is 7.47. The van der Waals surface area contributed by atoms with Crippen molar-refractivity contribution < 1.29 is 27.8 Å². The Hall–Kier alpha value is -2.66. The summed E-state index contributed by atoms with van der Waals surface area (Å²) in [5.41, 5.74) is 5.48. The molecule has 4 rings (SSSR count). The highest BCUT2D eigenvalue weighted by Gasteiger charge is 2.38. The van der Waals surface area contributed by atoms with Crippen LogP contribution in [0.3, 0.4) is 0 Å². The molecule has 160 valence electrons. The third kappa shape index (κ3) is 5.70. The summed E-state index contributed by atoms with van der Waals surface area (Å²) >= 11 is 3.60. The Morgan fingerprint density at radius 3 is 2.67 bits per heavy atom. The molecule has 0 bridgehead atoms. The zero-order chi connectivity index (χ0) is 21.7. The molecule has 0 unspecified atom stereocenters. The van der Waals surface area contributed by atoms with E-state index in [0.29, 0.717) is 0 Å². The van der Waals surface area contributed by atoms with Crippen molar-refractivity contribution in [2.24, 2.45) is 0 Å². The number of carboxylic acids is 1. The molecule has 11 heteroatoms. The lowest BCUT2D eigenvalue weighted by molar-refractivity contribution is -0.192. The van der Waals surface area contributed by atoms with Crippen molar-refractivity contribution in [2.75, 3.05) is 6.61 Å². The van der Waals surface area contributed by atoms with E-state index in [4.69, 9.17) is 14.6 Å². The van der Waals surface area contributed by atoms with E-state index in [-0.39, 0.29) is 0 Å². The predicted octanol–water partition coefficient (Wildman–Crippen LogP) is 3.97. The fourth-order valence-electron chi connectivity index (χ4n) is 2.99. The molecule has 0 spiro atoms. The molecule has 3 N–H and O–H groups in total. The number of carboxylic acid groups (broad SMARTS) is 1. The number of aromatic nitrogens is 3. The molecular formula is C19H18BrF3N4O3. The van der Waals surface area contributed by atoms with Gasteiger partial charge in [-0.05, 0) is 48.2 Å². The number of rotatable bonds is 4. The highest BCUT2D eigenvalue weighted by atomic mass is 79.9. The van der Waals surface area contributed by atoms with Crippen molar-refractivity contribution in [2.45, 2.75) is 32.1 Å². The monoisotopic (exact) mass is 486 g/mol. The van der Waals surface area contributed by atoms with E-state index < -0.39 is 12.1 Å². The number of halogens is 4. The molecule has 1 aliphatic rings. The lowest BCUT2D eigenvalue weighted by Crippen LogP contribution is -2.21. The summed E-state index contributed by atoms with van der Waals surface area (Å²) in [6.45, 7) is 2.37. The summed E-state index contributed by atoms with van der Waals surface area (Å²) in [6.07, 6.45) is -2.90. The molecule has 7 nitrogen and oxygen atoms in total. The molecular weight excluding hydrogens is 469 g/mol. The van der Waals surface area contributed by atoms with E-state index in [2.05, 4.69) is 60.9 Å². The van der Waals surface area contributed by atoms with Gasteiger partial charge in [0.2, 0.25) is 0 Å². The van der Waals surface area contributed by atoms with Crippen molar-refractivity contribution in [1.29, 1.82) is 0 Å². The molecule has 0 saturated carbocycles. The van der Waals surface area contributed by atoms with Gasteiger partial charge in [-0.1, -0.05) is 22.0 Å². The maximum Gasteiger partial charge on any atom is 0.490 e. The number of ether oxygens (including phenoxy) is 1. The molecule has 3 aromatic rings. The van der Waals surface area contributed by atoms with E-state index in [1.807, 2.05) is 6.07 Å². The van der Waals surface area contributed by atoms with Gasteiger partial charge in [0.05, 0.1) is 6.61 Å². The van der Waals surface area contributed by atoms with E-state index in [0.717, 1.165) is 53.8 Å². The third-order valence-electron chi connectivity index (χ3n) is 4.31. The van der Waals surface area contributed by atoms with Gasteiger partial charge in [0.15, 0.2) is 0 Å². The number of aliphatic carboxylic acids is 1. The third-order valence-corrected chi connectivity index (χ3v) is 4.77. The minimum atomic E-state index is -5.08. The first-order chi connectivity index (χ1) is 14.2. The summed E-state index contributed by atoms with van der Waals surface area (Å²) in [5.74, 6) is -1.70. The smallest absolute Gasteiger partial charge is 0.490 e. The quantitative estimate of drug-likeness (QED) is 0.515. The van der Waals surface area contributed by atoms with Crippen LogP contribution in [0.2, 0.25) is 0 Å². The number of H-pyrrole nitrogens is 1. The van der Waals surface area contributed by atoms with E-state index in [1.165, 1.54) is 16.7 Å². The number of nitrogens with one attached hydrogen (secondary N) is 2. The first-order valence-corrected chi connectivity index (χ1v) is 9.77. The van der Waals surface area contributed by atoms with Crippen molar-refractivity contribution in [3.05, 3.63) is 51.5 Å². The van der Waals surface area contributed by atoms with Gasteiger partial charge in [0, 0.05) is 23.1 Å². The van der Waals surface area contributed by atoms with Gasteiger partial charge in [-0.25, -0.2) is 4.79 Å². The van der Waals surface area contributed by atoms with Gasteiger partial charge in [0.25, 0.3) is 0 Å². The molecule has 0 amide bonds. The van der Waals surface area contributed by atoms with E-state index >= 15 is 0 Å². The van der Waals surface area contributed by atoms with Gasteiger partial charge in [-0.15, -0.1) is 0 Å². The maximum absolute atomic E-state index is 10.6. The molecule has 30 heavy (non-hydrogen) atoms. The Morgan fingerprint density at radius 1 is 1.20 bits per heavy atom. The molecule has 0 fully saturated rings. The maximum atomic E-state index is 10.6. The van der Waals surface area contributed by atoms with Gasteiger partial charge in [0.1, 0.15) is 16.8 Å². The lowest BCUT2D eigenvalue weighted by Gasteiger charge is -2.21. The van der Waals surface area contributed by atoms with Crippen molar-refractivity contribution in [1.82, 2.24) is 20.7 Å². The van der Waals surface area contributed by atoms with E-state index in [1.54, 1.807) is 0 Å². The summed E-state index contributed by atoms with van der Waals surface area (Å²) in [7, 11) is 0. The summed E-state index contributed by atoms with van der Waals surface area (Å²) in [4.78, 5) is 8.90. The minimum absolute atomic E-state index is 0.776. The summed E-state index contributed by atoms with van der Waals surface area (Å²) in [6, 6.07) is 10.4. The molecule has 0 radical (unpaired) electrons. The van der Waals surface area contributed by atoms with Gasteiger partial charge >= 0.3 is 12.1 Å². The second-order valence-electron chi connectivity index (χ2n) is 6.56. The normalized spacial score (nSPS) is 13.2. The fourth-order valence-corrected chi connectivity index (χ4v) is 3.54. The molecule has 2 aromatic carbocycles. The van der Waals surface area contributed by atoms with Crippen LogP contribution in [0.15, 0.2) is 34.8 Å². The number of alkyl halides is 3. The average molecular weight is 487 g/mol. The zero-order valence-corrected chi connectivity index (χ0v) is 17.2. The van der Waals surface area contributed by atoms with Crippen molar-refractivity contribution in [3.8, 4) is 5.75 Å². The first-order valence-electron chi connectivity index (χ1n) is 8.98. The number of fused-ring (bicyclic) bond motifs is 2. The average Bonchev–Trinajstić information content (AvgIpc) is 3.15. The van der Waals surface area contributed by atoms with Crippen LogP contribution >= 0.6 is 15.9 Å². The first kappa shape index (κ1) is 22.0. The van der Waals surface area contributed by atoms with Crippen LogP contribution in [0.4, 0.5) is 13.2 Å². The van der Waals surface area contributed by atoms with Crippen LogP contribution in [-0.4, -0.2) is 39.3 Å². The number of carbonyl (C=O) groups is 1. The number of benzene rings is 2. The van der Waals surface area contributed by atoms with Gasteiger partial charge in [-0.2, -0.15) is 28.6 Å². The predicted molar refractivity (Wildman–Crippen MR) is 106 cm³/mol. The zero-order valence-electron chi connectivity index (χ0n) is 15.6. The SMILES string of the molecule is Brc1cc2c(c(CNCc3ccc4n[nH]nc4c3)c1)OCCC2.O=C(O)C(F)(F)F. The molecule has 0 aliphatic carbocycles. The number of aryl methyl sites for hydroxylation is 1. The van der Waals surface area contributed by atoms with E-state index in [9.17, 15) is 13.2 Å². The standard InChI is InChI=1S/C17H17BrN4O.C2HF3O2/c18-14-7-12-2-1-5-23-17(12)13(8-14)10-19-9-11-3-4-15-16(6-11)21-22-20-15;3-2(4,5)1(6)7/h3-4,6-8,19H,1-2,5,9-10H2,(H,20,21,22);(H,6,7). The molecule has 0 atom stereocenters. The largest absolute Gasteiger partial charge is 0.493 e. The fraction of sp³-hybridized carbons (Fsp3) is 0.316. The molecule has 1 aliphatic heterocycles. The molecule has 2 heterocycles. The van der Waals surface area contributed by atoms with Gasteiger partial charge in [-0.3, -0.25) is 0 Å². The Kier molecular flexibility index (Phi) is 6.93. The summed E-state index contributed by atoms with van der Waals surface area (Å²) < 4.78 is 38.7. The number of hydrogen-bond donors (Lipinski definition) is 3. The van der Waals surface area contributed by atoms with Gasteiger partial charge < -0.3 is 15.2 Å². The molecule has 0 saturated heterocycles. The minimum Gasteiger partial charge on any atom is -0.493 e. The number of nitrogens with zero attached hydrogens (tertiary/aromatic N) is 2. The van der Waals surface area contributed by atoms with Crippen LogP contribution in [0.5, 0.6) is 5.75 Å².